The first kappa shape index (κ1) is 34.2. The van der Waals surface area contributed by atoms with E-state index >= 15 is 0 Å². The molecule has 0 aliphatic carbocycles. The number of rotatable bonds is 7. The monoisotopic (exact) mass is 713 g/mol. The van der Waals surface area contributed by atoms with Gasteiger partial charge in [0.25, 0.3) is 5.91 Å². The lowest BCUT2D eigenvalue weighted by Gasteiger charge is -2.46. The van der Waals surface area contributed by atoms with Crippen molar-refractivity contribution < 1.29 is 38.4 Å². The van der Waals surface area contributed by atoms with Gasteiger partial charge in [-0.1, -0.05) is 47.8 Å². The number of hydrogen-bond acceptors (Lipinski definition) is 11. The average Bonchev–Trinajstić information content (AvgIpc) is 3.10. The Morgan fingerprint density at radius 1 is 0.860 bits per heavy atom. The third-order valence-corrected chi connectivity index (χ3v) is 11.5. The smallest absolute Gasteiger partial charge is 0.360 e. The third kappa shape index (κ3) is 6.16. The number of aryl methyl sites for hydroxylation is 1. The fraction of sp³-hybridized carbons (Fsp3) is 0.263. The normalized spacial score (nSPS) is 20.9. The summed E-state index contributed by atoms with van der Waals surface area (Å²) in [5.41, 5.74) is 0.979. The summed E-state index contributed by atoms with van der Waals surface area (Å²) in [4.78, 5) is 31.3. The topological polar surface area (TPSA) is 137 Å². The minimum atomic E-state index is -1.40. The molecule has 4 atom stereocenters. The highest BCUT2D eigenvalue weighted by molar-refractivity contribution is 8.05. The number of carbonyl (C=O) groups excluding carboxylic acids is 1. The SMILES string of the molecule is COc1ccc(C(=O)Nc2cc3ccc(O[C@@H]4OC(C)(C)[C@H](OC)[C@@H](O)[C@H]4O)c(C)c3oc2=O)cc1-c1cccc2c1Sc1ccccc1S2. The second-order valence-electron chi connectivity index (χ2n) is 12.6. The molecular weight excluding hydrogens is 679 g/mol. The van der Waals surface area contributed by atoms with Gasteiger partial charge in [-0.15, -0.1) is 0 Å². The molecule has 5 aromatic rings. The van der Waals surface area contributed by atoms with Crippen LogP contribution in [0.5, 0.6) is 11.5 Å². The fourth-order valence-electron chi connectivity index (χ4n) is 6.37. The molecule has 0 spiro atoms. The second-order valence-corrected chi connectivity index (χ2v) is 14.7. The van der Waals surface area contributed by atoms with E-state index in [9.17, 15) is 19.8 Å². The summed E-state index contributed by atoms with van der Waals surface area (Å²) in [6.07, 6.45) is -4.63. The van der Waals surface area contributed by atoms with Gasteiger partial charge >= 0.3 is 5.63 Å². The number of hydrogen-bond donors (Lipinski definition) is 3. The van der Waals surface area contributed by atoms with E-state index in [-0.39, 0.29) is 17.0 Å². The Bertz CT molecular complexity index is 2180. The molecule has 2 aliphatic rings. The van der Waals surface area contributed by atoms with Crippen molar-refractivity contribution in [2.45, 2.75) is 70.6 Å². The van der Waals surface area contributed by atoms with Crippen LogP contribution in [-0.2, 0) is 9.47 Å². The van der Waals surface area contributed by atoms with E-state index in [1.54, 1.807) is 87.8 Å². The Balaban J connectivity index is 1.15. The average molecular weight is 714 g/mol. The summed E-state index contributed by atoms with van der Waals surface area (Å²) < 4.78 is 28.7. The number of methoxy groups -OCH3 is 2. The molecule has 2 aliphatic heterocycles. The molecule has 1 aromatic heterocycles. The van der Waals surface area contributed by atoms with Crippen molar-refractivity contribution in [2.24, 2.45) is 0 Å². The van der Waals surface area contributed by atoms with Gasteiger partial charge in [-0.05, 0) is 75.4 Å². The molecular formula is C38H35NO9S2. The molecule has 1 amide bonds. The van der Waals surface area contributed by atoms with Crippen LogP contribution < -0.4 is 20.4 Å². The maximum atomic E-state index is 13.6. The van der Waals surface area contributed by atoms with E-state index in [0.29, 0.717) is 22.3 Å². The molecule has 0 bridgehead atoms. The third-order valence-electron chi connectivity index (χ3n) is 8.90. The van der Waals surface area contributed by atoms with Gasteiger partial charge in [-0.2, -0.15) is 0 Å². The molecule has 0 radical (unpaired) electrons. The number of amides is 1. The summed E-state index contributed by atoms with van der Waals surface area (Å²) in [5, 5.41) is 24.6. The van der Waals surface area contributed by atoms with Crippen LogP contribution in [0.1, 0.15) is 29.8 Å². The number of carbonyl (C=O) groups is 1. The molecule has 1 saturated heterocycles. The van der Waals surface area contributed by atoms with Crippen LogP contribution in [0, 0.1) is 6.92 Å². The van der Waals surface area contributed by atoms with Crippen molar-refractivity contribution in [3.8, 4) is 22.6 Å². The van der Waals surface area contributed by atoms with Crippen molar-refractivity contribution in [3.63, 3.8) is 0 Å². The molecule has 1 fully saturated rings. The zero-order valence-corrected chi connectivity index (χ0v) is 29.5. The molecule has 50 heavy (non-hydrogen) atoms. The zero-order chi connectivity index (χ0) is 35.3. The van der Waals surface area contributed by atoms with Crippen molar-refractivity contribution in [1.82, 2.24) is 0 Å². The molecule has 10 nitrogen and oxygen atoms in total. The Labute approximate surface area is 296 Å². The highest BCUT2D eigenvalue weighted by atomic mass is 32.2. The lowest BCUT2D eigenvalue weighted by Crippen LogP contribution is -2.63. The van der Waals surface area contributed by atoms with Gasteiger partial charge in [0, 0.05) is 54.3 Å². The quantitative estimate of drug-likeness (QED) is 0.149. The van der Waals surface area contributed by atoms with E-state index in [2.05, 4.69) is 23.5 Å². The molecule has 258 valence electrons. The summed E-state index contributed by atoms with van der Waals surface area (Å²) >= 11 is 3.39. The van der Waals surface area contributed by atoms with Crippen molar-refractivity contribution >= 4 is 46.1 Å². The van der Waals surface area contributed by atoms with Crippen LogP contribution in [0.4, 0.5) is 5.69 Å². The first-order chi connectivity index (χ1) is 24.0. The van der Waals surface area contributed by atoms with Gasteiger partial charge in [0.2, 0.25) is 6.29 Å². The van der Waals surface area contributed by atoms with Gasteiger partial charge in [0.15, 0.2) is 0 Å². The summed E-state index contributed by atoms with van der Waals surface area (Å²) in [5.74, 6) is 0.406. The highest BCUT2D eigenvalue weighted by Gasteiger charge is 2.50. The number of nitrogens with one attached hydrogen (secondary N) is 1. The van der Waals surface area contributed by atoms with Crippen molar-refractivity contribution in [1.29, 1.82) is 0 Å². The summed E-state index contributed by atoms with van der Waals surface area (Å²) in [7, 11) is 3.02. The zero-order valence-electron chi connectivity index (χ0n) is 27.9. The Hall–Kier alpha value is -4.30. The van der Waals surface area contributed by atoms with E-state index in [1.165, 1.54) is 12.0 Å². The Kier molecular flexibility index (Phi) is 9.18. The number of ether oxygens (including phenoxy) is 4. The predicted octanol–water partition coefficient (Wildman–Crippen LogP) is 6.90. The molecule has 3 heterocycles. The molecule has 0 saturated carbocycles. The van der Waals surface area contributed by atoms with Gasteiger partial charge in [0.1, 0.15) is 41.1 Å². The summed E-state index contributed by atoms with van der Waals surface area (Å²) in [6.45, 7) is 5.16. The van der Waals surface area contributed by atoms with Crippen LogP contribution in [0.15, 0.2) is 108 Å². The number of aliphatic hydroxyl groups excluding tert-OH is 2. The minimum Gasteiger partial charge on any atom is -0.496 e. The molecule has 4 aromatic carbocycles. The van der Waals surface area contributed by atoms with E-state index in [0.717, 1.165) is 25.8 Å². The largest absolute Gasteiger partial charge is 0.496 e. The lowest BCUT2D eigenvalue weighted by atomic mass is 9.89. The fourth-order valence-corrected chi connectivity index (χ4v) is 8.76. The predicted molar refractivity (Wildman–Crippen MR) is 191 cm³/mol. The molecule has 0 unspecified atom stereocenters. The number of anilines is 1. The van der Waals surface area contributed by atoms with Crippen LogP contribution in [0.2, 0.25) is 0 Å². The minimum absolute atomic E-state index is 0.0323. The van der Waals surface area contributed by atoms with Gasteiger partial charge in [-0.25, -0.2) is 4.79 Å². The van der Waals surface area contributed by atoms with Gasteiger partial charge in [-0.3, -0.25) is 4.79 Å². The molecule has 12 heteroatoms. The van der Waals surface area contributed by atoms with Crippen molar-refractivity contribution in [2.75, 3.05) is 19.5 Å². The number of benzene rings is 4. The maximum Gasteiger partial charge on any atom is 0.360 e. The molecule has 3 N–H and O–H groups in total. The van der Waals surface area contributed by atoms with Crippen LogP contribution in [-0.4, -0.2) is 60.5 Å². The molecule has 7 rings (SSSR count). The lowest BCUT2D eigenvalue weighted by molar-refractivity contribution is -0.306. The van der Waals surface area contributed by atoms with Gasteiger partial charge < -0.3 is 38.9 Å². The standard InChI is InChI=1S/C38H35NO9S2/c1-19-25(46-37-31(41)30(40)34(45-5)38(2,3)48-37)15-13-20-18-24(36(43)47-32(19)20)39-35(42)21-14-16-26(44-4)23(17-21)22-9-8-12-29-33(22)50-28-11-7-6-10-27(28)49-29/h6-18,30-31,34,37,40-41H,1-5H3,(H,39,42)/t30-,31+,34+,37+/m0/s1. The van der Waals surface area contributed by atoms with E-state index in [1.807, 2.05) is 24.3 Å². The number of fused-ring (bicyclic) bond motifs is 3. The van der Waals surface area contributed by atoms with Gasteiger partial charge in [0.05, 0.1) is 12.7 Å². The number of aliphatic hydroxyl groups is 2. The van der Waals surface area contributed by atoms with Crippen LogP contribution >= 0.6 is 23.5 Å². The maximum absolute atomic E-state index is 13.6. The Morgan fingerprint density at radius 2 is 1.58 bits per heavy atom. The first-order valence-corrected chi connectivity index (χ1v) is 17.5. The van der Waals surface area contributed by atoms with Crippen molar-refractivity contribution in [3.05, 3.63) is 100 Å². The van der Waals surface area contributed by atoms with Crippen LogP contribution in [0.3, 0.4) is 0 Å². The Morgan fingerprint density at radius 3 is 2.32 bits per heavy atom. The van der Waals surface area contributed by atoms with Crippen LogP contribution in [0.25, 0.3) is 22.1 Å². The summed E-state index contributed by atoms with van der Waals surface area (Å²) in [6, 6.07) is 24.3. The first-order valence-electron chi connectivity index (χ1n) is 15.9. The second kappa shape index (κ2) is 13.4. The highest BCUT2D eigenvalue weighted by Crippen LogP contribution is 2.52. The van der Waals surface area contributed by atoms with E-state index < -0.39 is 41.7 Å². The van der Waals surface area contributed by atoms with E-state index in [4.69, 9.17) is 23.4 Å².